The highest BCUT2D eigenvalue weighted by molar-refractivity contribution is 4.71. The Bertz CT molecular complexity index is 82.0. The summed E-state index contributed by atoms with van der Waals surface area (Å²) in [5.74, 6) is 1.08. The molecule has 0 aromatic heterocycles. The van der Waals surface area contributed by atoms with Gasteiger partial charge < -0.3 is 5.32 Å². The molecular weight excluding hydrogens is 122 g/mol. The molecule has 1 unspecified atom stereocenters. The van der Waals surface area contributed by atoms with E-state index in [0.29, 0.717) is 0 Å². The van der Waals surface area contributed by atoms with Crippen LogP contribution in [0.15, 0.2) is 0 Å². The van der Waals surface area contributed by atoms with Crippen molar-refractivity contribution in [1.82, 2.24) is 5.32 Å². The summed E-state index contributed by atoms with van der Waals surface area (Å²) in [4.78, 5) is 0. The molecule has 0 saturated heterocycles. The molecular formula is C9H19N. The Hall–Kier alpha value is -0.0400. The maximum Gasteiger partial charge on any atom is 0.00358 e. The normalized spacial score (nSPS) is 22.2. The maximum absolute atomic E-state index is 3.27. The topological polar surface area (TPSA) is 12.0 Å². The van der Waals surface area contributed by atoms with Crippen molar-refractivity contribution in [1.29, 1.82) is 0 Å². The number of nitrogens with one attached hydrogen (secondary N) is 1. The minimum Gasteiger partial charge on any atom is -0.317 e. The standard InChI is InChI=1S/C9H19N/c1-8(10-2)6-7-9-4-3-5-9/h8-10H,3-7H2,1-2H3. The summed E-state index contributed by atoms with van der Waals surface area (Å²) in [6.07, 6.45) is 7.29. The van der Waals surface area contributed by atoms with Crippen molar-refractivity contribution >= 4 is 0 Å². The van der Waals surface area contributed by atoms with Crippen LogP contribution in [0, 0.1) is 5.92 Å². The Morgan fingerprint density at radius 3 is 2.60 bits per heavy atom. The summed E-state index contributed by atoms with van der Waals surface area (Å²) >= 11 is 0. The van der Waals surface area contributed by atoms with Gasteiger partial charge in [-0.1, -0.05) is 19.3 Å². The van der Waals surface area contributed by atoms with E-state index in [1.165, 1.54) is 32.1 Å². The van der Waals surface area contributed by atoms with Gasteiger partial charge in [0.25, 0.3) is 0 Å². The summed E-state index contributed by atoms with van der Waals surface area (Å²) in [7, 11) is 2.05. The summed E-state index contributed by atoms with van der Waals surface area (Å²) < 4.78 is 0. The number of hydrogen-bond donors (Lipinski definition) is 1. The lowest BCUT2D eigenvalue weighted by Gasteiger charge is -2.26. The molecule has 0 aliphatic heterocycles. The van der Waals surface area contributed by atoms with E-state index in [4.69, 9.17) is 0 Å². The Balaban J connectivity index is 1.93. The van der Waals surface area contributed by atoms with E-state index in [0.717, 1.165) is 12.0 Å². The van der Waals surface area contributed by atoms with Crippen LogP contribution in [0.2, 0.25) is 0 Å². The van der Waals surface area contributed by atoms with Gasteiger partial charge in [-0.15, -0.1) is 0 Å². The molecule has 0 bridgehead atoms. The van der Waals surface area contributed by atoms with E-state index in [2.05, 4.69) is 12.2 Å². The van der Waals surface area contributed by atoms with E-state index < -0.39 is 0 Å². The van der Waals surface area contributed by atoms with Crippen molar-refractivity contribution in [2.75, 3.05) is 7.05 Å². The Morgan fingerprint density at radius 2 is 2.20 bits per heavy atom. The van der Waals surface area contributed by atoms with Gasteiger partial charge in [0.15, 0.2) is 0 Å². The van der Waals surface area contributed by atoms with E-state index in [-0.39, 0.29) is 0 Å². The minimum atomic E-state index is 0.723. The highest BCUT2D eigenvalue weighted by Crippen LogP contribution is 2.30. The number of rotatable bonds is 4. The second-order valence-electron chi connectivity index (χ2n) is 3.56. The summed E-state index contributed by atoms with van der Waals surface area (Å²) in [5, 5.41) is 3.27. The highest BCUT2D eigenvalue weighted by atomic mass is 14.8. The van der Waals surface area contributed by atoms with E-state index in [1.807, 2.05) is 7.05 Å². The van der Waals surface area contributed by atoms with Crippen LogP contribution < -0.4 is 5.32 Å². The van der Waals surface area contributed by atoms with Crippen LogP contribution >= 0.6 is 0 Å². The van der Waals surface area contributed by atoms with Crippen LogP contribution in [0.4, 0.5) is 0 Å². The molecule has 1 saturated carbocycles. The van der Waals surface area contributed by atoms with Gasteiger partial charge in [0, 0.05) is 6.04 Å². The molecule has 0 radical (unpaired) electrons. The molecule has 1 atom stereocenters. The Labute approximate surface area is 64.2 Å². The third kappa shape index (κ3) is 2.30. The van der Waals surface area contributed by atoms with Gasteiger partial charge >= 0.3 is 0 Å². The molecule has 1 N–H and O–H groups in total. The third-order valence-corrected chi connectivity index (χ3v) is 2.73. The first kappa shape index (κ1) is 8.06. The minimum absolute atomic E-state index is 0.723. The Morgan fingerprint density at radius 1 is 1.50 bits per heavy atom. The van der Waals surface area contributed by atoms with Crippen molar-refractivity contribution in [3.63, 3.8) is 0 Å². The molecule has 1 heteroatoms. The zero-order valence-electron chi connectivity index (χ0n) is 7.19. The van der Waals surface area contributed by atoms with Gasteiger partial charge in [0.05, 0.1) is 0 Å². The van der Waals surface area contributed by atoms with Crippen molar-refractivity contribution in [2.45, 2.75) is 45.1 Å². The molecule has 1 aliphatic rings. The van der Waals surface area contributed by atoms with Gasteiger partial charge in [-0.25, -0.2) is 0 Å². The van der Waals surface area contributed by atoms with Crippen molar-refractivity contribution in [3.05, 3.63) is 0 Å². The zero-order chi connectivity index (χ0) is 7.40. The highest BCUT2D eigenvalue weighted by Gasteiger charge is 2.17. The van der Waals surface area contributed by atoms with Gasteiger partial charge in [-0.05, 0) is 32.7 Å². The van der Waals surface area contributed by atoms with Gasteiger partial charge in [0.1, 0.15) is 0 Å². The predicted molar refractivity (Wildman–Crippen MR) is 45.1 cm³/mol. The van der Waals surface area contributed by atoms with E-state index in [9.17, 15) is 0 Å². The fourth-order valence-corrected chi connectivity index (χ4v) is 1.41. The van der Waals surface area contributed by atoms with Crippen LogP contribution in [-0.2, 0) is 0 Å². The smallest absolute Gasteiger partial charge is 0.00358 e. The van der Waals surface area contributed by atoms with Crippen LogP contribution in [0.5, 0.6) is 0 Å². The van der Waals surface area contributed by atoms with Crippen LogP contribution in [0.3, 0.4) is 0 Å². The first-order chi connectivity index (χ1) is 4.83. The average molecular weight is 141 g/mol. The van der Waals surface area contributed by atoms with E-state index >= 15 is 0 Å². The maximum atomic E-state index is 3.27. The number of hydrogen-bond acceptors (Lipinski definition) is 1. The van der Waals surface area contributed by atoms with Crippen molar-refractivity contribution < 1.29 is 0 Å². The second-order valence-corrected chi connectivity index (χ2v) is 3.56. The molecule has 60 valence electrons. The fourth-order valence-electron chi connectivity index (χ4n) is 1.41. The average Bonchev–Trinajstić information content (AvgIpc) is 1.84. The molecule has 10 heavy (non-hydrogen) atoms. The predicted octanol–water partition coefficient (Wildman–Crippen LogP) is 2.17. The van der Waals surface area contributed by atoms with Crippen molar-refractivity contribution in [2.24, 2.45) is 5.92 Å². The third-order valence-electron chi connectivity index (χ3n) is 2.73. The second kappa shape index (κ2) is 3.97. The quantitative estimate of drug-likeness (QED) is 0.632. The molecule has 0 aromatic rings. The molecule has 1 rings (SSSR count). The van der Waals surface area contributed by atoms with Gasteiger partial charge in [0.2, 0.25) is 0 Å². The van der Waals surface area contributed by atoms with Gasteiger partial charge in [-0.2, -0.15) is 0 Å². The van der Waals surface area contributed by atoms with Gasteiger partial charge in [-0.3, -0.25) is 0 Å². The summed E-state index contributed by atoms with van der Waals surface area (Å²) in [5.41, 5.74) is 0. The molecule has 0 spiro atoms. The lowest BCUT2D eigenvalue weighted by Crippen LogP contribution is -2.23. The molecule has 0 amide bonds. The first-order valence-corrected chi connectivity index (χ1v) is 4.50. The Kier molecular flexibility index (Phi) is 3.20. The molecule has 1 fully saturated rings. The fraction of sp³-hybridized carbons (Fsp3) is 1.00. The monoisotopic (exact) mass is 141 g/mol. The largest absolute Gasteiger partial charge is 0.317 e. The summed E-state index contributed by atoms with van der Waals surface area (Å²) in [6, 6.07) is 0.723. The lowest BCUT2D eigenvalue weighted by molar-refractivity contribution is 0.279. The van der Waals surface area contributed by atoms with Crippen LogP contribution in [0.25, 0.3) is 0 Å². The molecule has 1 nitrogen and oxygen atoms in total. The lowest BCUT2D eigenvalue weighted by atomic mass is 9.81. The zero-order valence-corrected chi connectivity index (χ0v) is 7.19. The van der Waals surface area contributed by atoms with Crippen LogP contribution in [0.1, 0.15) is 39.0 Å². The molecule has 1 aliphatic carbocycles. The van der Waals surface area contributed by atoms with E-state index in [1.54, 1.807) is 0 Å². The summed E-state index contributed by atoms with van der Waals surface area (Å²) in [6.45, 7) is 2.26. The molecule has 0 heterocycles. The molecule has 0 aromatic carbocycles. The van der Waals surface area contributed by atoms with Crippen molar-refractivity contribution in [3.8, 4) is 0 Å². The van der Waals surface area contributed by atoms with Crippen LogP contribution in [-0.4, -0.2) is 13.1 Å². The first-order valence-electron chi connectivity index (χ1n) is 4.50. The SMILES string of the molecule is CNC(C)CCC1CCC1.